The Morgan fingerprint density at radius 2 is 1.55 bits per heavy atom. The molecule has 0 saturated heterocycles. The molecule has 0 heterocycles. The first-order chi connectivity index (χ1) is 10.5. The fourth-order valence-corrected chi connectivity index (χ4v) is 2.34. The van der Waals surface area contributed by atoms with Crippen LogP contribution < -0.4 is 0 Å². The lowest BCUT2D eigenvalue weighted by Crippen LogP contribution is -2.24. The molecular formula is C17H32O5. The zero-order valence-corrected chi connectivity index (χ0v) is 14.1. The third-order valence-electron chi connectivity index (χ3n) is 3.62. The second-order valence-corrected chi connectivity index (χ2v) is 5.91. The predicted molar refractivity (Wildman–Crippen MR) is 85.7 cm³/mol. The maximum absolute atomic E-state index is 11.8. The Morgan fingerprint density at radius 3 is 2.14 bits per heavy atom. The fraction of sp³-hybridized carbons (Fsp3) is 0.882. The number of rotatable bonds is 14. The number of aliphatic hydroxyl groups excluding tert-OH is 1. The minimum Gasteiger partial charge on any atom is -0.481 e. The molecule has 130 valence electrons. The molecule has 2 N–H and O–H groups in total. The number of hydrogen-bond donors (Lipinski definition) is 2. The summed E-state index contributed by atoms with van der Waals surface area (Å²) in [5.41, 5.74) is 0. The maximum atomic E-state index is 11.8. The third kappa shape index (κ3) is 12.6. The van der Waals surface area contributed by atoms with Crippen LogP contribution in [0, 0.1) is 0 Å². The lowest BCUT2D eigenvalue weighted by atomic mass is 10.1. The smallest absolute Gasteiger partial charge is 0.308 e. The summed E-state index contributed by atoms with van der Waals surface area (Å²) in [5, 5.41) is 18.7. The van der Waals surface area contributed by atoms with Crippen LogP contribution in [0.4, 0.5) is 0 Å². The zero-order valence-electron chi connectivity index (χ0n) is 14.1. The number of carboxylic acids is 1. The average molecular weight is 316 g/mol. The number of carbonyl (C=O) groups excluding carboxylic acids is 1. The maximum Gasteiger partial charge on any atom is 0.308 e. The van der Waals surface area contributed by atoms with Crippen molar-refractivity contribution in [3.63, 3.8) is 0 Å². The van der Waals surface area contributed by atoms with Crippen LogP contribution in [0.2, 0.25) is 0 Å². The molecule has 0 aromatic rings. The van der Waals surface area contributed by atoms with Crippen LogP contribution in [0.15, 0.2) is 0 Å². The van der Waals surface area contributed by atoms with E-state index in [0.717, 1.165) is 32.1 Å². The number of aliphatic hydroxyl groups is 1. The van der Waals surface area contributed by atoms with Crippen LogP contribution in [0.5, 0.6) is 0 Å². The minimum atomic E-state index is -0.967. The second-order valence-electron chi connectivity index (χ2n) is 5.91. The molecule has 0 aromatic carbocycles. The van der Waals surface area contributed by atoms with Gasteiger partial charge in [-0.1, -0.05) is 58.8 Å². The monoisotopic (exact) mass is 316 g/mol. The number of carbonyl (C=O) groups is 2. The SMILES string of the molecule is CCCCCCCC(O)CC(=O)OC(CCCC)CC(=O)O. The number of carboxylic acid groups (broad SMARTS) is 1. The molecule has 0 amide bonds. The van der Waals surface area contributed by atoms with Crippen LogP contribution >= 0.6 is 0 Å². The van der Waals surface area contributed by atoms with Crippen molar-refractivity contribution < 1.29 is 24.5 Å². The van der Waals surface area contributed by atoms with Gasteiger partial charge >= 0.3 is 11.9 Å². The number of esters is 1. The molecule has 2 atom stereocenters. The Bertz CT molecular complexity index is 303. The highest BCUT2D eigenvalue weighted by molar-refractivity contribution is 5.71. The van der Waals surface area contributed by atoms with E-state index in [2.05, 4.69) is 6.92 Å². The number of unbranched alkanes of at least 4 members (excludes halogenated alkanes) is 5. The molecule has 0 aliphatic heterocycles. The van der Waals surface area contributed by atoms with Gasteiger partial charge in [0.1, 0.15) is 6.10 Å². The predicted octanol–water partition coefficient (Wildman–Crippen LogP) is 3.67. The van der Waals surface area contributed by atoms with E-state index in [-0.39, 0.29) is 12.8 Å². The summed E-state index contributed by atoms with van der Waals surface area (Å²) in [6, 6.07) is 0. The van der Waals surface area contributed by atoms with Crippen LogP contribution in [0.1, 0.15) is 84.5 Å². The molecule has 2 unspecified atom stereocenters. The summed E-state index contributed by atoms with van der Waals surface area (Å²) in [7, 11) is 0. The Hall–Kier alpha value is -1.10. The molecule has 0 aliphatic rings. The first-order valence-corrected chi connectivity index (χ1v) is 8.58. The van der Waals surface area contributed by atoms with Gasteiger partial charge < -0.3 is 14.9 Å². The second kappa shape index (κ2) is 13.6. The summed E-state index contributed by atoms with van der Waals surface area (Å²) in [4.78, 5) is 22.5. The van der Waals surface area contributed by atoms with E-state index in [9.17, 15) is 14.7 Å². The van der Waals surface area contributed by atoms with E-state index in [0.29, 0.717) is 12.8 Å². The van der Waals surface area contributed by atoms with Crippen molar-refractivity contribution in [3.05, 3.63) is 0 Å². The van der Waals surface area contributed by atoms with Gasteiger partial charge in [0.25, 0.3) is 0 Å². The van der Waals surface area contributed by atoms with E-state index in [4.69, 9.17) is 9.84 Å². The highest BCUT2D eigenvalue weighted by Gasteiger charge is 2.19. The molecular weight excluding hydrogens is 284 g/mol. The van der Waals surface area contributed by atoms with Crippen molar-refractivity contribution >= 4 is 11.9 Å². The van der Waals surface area contributed by atoms with Crippen LogP contribution in [-0.4, -0.2) is 34.4 Å². The molecule has 0 radical (unpaired) electrons. The lowest BCUT2D eigenvalue weighted by molar-refractivity contribution is -0.155. The van der Waals surface area contributed by atoms with Crippen molar-refractivity contribution in [2.75, 3.05) is 0 Å². The number of aliphatic carboxylic acids is 1. The molecule has 22 heavy (non-hydrogen) atoms. The Kier molecular flexibility index (Phi) is 12.9. The van der Waals surface area contributed by atoms with Gasteiger partial charge in [-0.15, -0.1) is 0 Å². The summed E-state index contributed by atoms with van der Waals surface area (Å²) in [6.07, 6.45) is 6.93. The molecule has 0 bridgehead atoms. The van der Waals surface area contributed by atoms with Crippen molar-refractivity contribution in [1.82, 2.24) is 0 Å². The zero-order chi connectivity index (χ0) is 16.8. The van der Waals surface area contributed by atoms with E-state index in [1.54, 1.807) is 0 Å². The summed E-state index contributed by atoms with van der Waals surface area (Å²) < 4.78 is 5.20. The summed E-state index contributed by atoms with van der Waals surface area (Å²) in [6.45, 7) is 4.15. The van der Waals surface area contributed by atoms with Gasteiger partial charge in [0.15, 0.2) is 0 Å². The van der Waals surface area contributed by atoms with Crippen LogP contribution in [-0.2, 0) is 14.3 Å². The average Bonchev–Trinajstić information content (AvgIpc) is 2.43. The Labute approximate surface area is 134 Å². The van der Waals surface area contributed by atoms with Crippen molar-refractivity contribution in [2.24, 2.45) is 0 Å². The van der Waals surface area contributed by atoms with E-state index >= 15 is 0 Å². The molecule has 0 aliphatic carbocycles. The minimum absolute atomic E-state index is 0.0456. The van der Waals surface area contributed by atoms with Crippen LogP contribution in [0.3, 0.4) is 0 Å². The molecule has 0 spiro atoms. The number of hydrogen-bond acceptors (Lipinski definition) is 4. The molecule has 0 saturated carbocycles. The molecule has 0 aromatic heterocycles. The normalized spacial score (nSPS) is 13.6. The van der Waals surface area contributed by atoms with Crippen molar-refractivity contribution in [3.8, 4) is 0 Å². The topological polar surface area (TPSA) is 83.8 Å². The molecule has 5 heteroatoms. The van der Waals surface area contributed by atoms with E-state index in [1.165, 1.54) is 12.8 Å². The Balaban J connectivity index is 3.97. The lowest BCUT2D eigenvalue weighted by Gasteiger charge is -2.17. The largest absolute Gasteiger partial charge is 0.481 e. The van der Waals surface area contributed by atoms with Gasteiger partial charge in [-0.05, 0) is 12.8 Å². The number of ether oxygens (including phenoxy) is 1. The first kappa shape index (κ1) is 20.9. The third-order valence-corrected chi connectivity index (χ3v) is 3.62. The van der Waals surface area contributed by atoms with Gasteiger partial charge in [-0.25, -0.2) is 0 Å². The first-order valence-electron chi connectivity index (χ1n) is 8.58. The molecule has 0 fully saturated rings. The summed E-state index contributed by atoms with van der Waals surface area (Å²) in [5.74, 6) is -1.46. The van der Waals surface area contributed by atoms with Gasteiger partial charge in [-0.2, -0.15) is 0 Å². The van der Waals surface area contributed by atoms with Gasteiger partial charge in [0.2, 0.25) is 0 Å². The standard InChI is InChI=1S/C17H32O5/c1-3-5-7-8-9-10-14(18)12-17(21)22-15(11-6-4-2)13-16(19)20/h14-15,18H,3-13H2,1-2H3,(H,19,20). The Morgan fingerprint density at radius 1 is 0.909 bits per heavy atom. The fourth-order valence-electron chi connectivity index (χ4n) is 2.34. The van der Waals surface area contributed by atoms with Gasteiger partial charge in [0, 0.05) is 0 Å². The quantitative estimate of drug-likeness (QED) is 0.377. The van der Waals surface area contributed by atoms with Gasteiger partial charge in [0.05, 0.1) is 18.9 Å². The van der Waals surface area contributed by atoms with E-state index < -0.39 is 24.1 Å². The summed E-state index contributed by atoms with van der Waals surface area (Å²) >= 11 is 0. The molecule has 0 rings (SSSR count). The molecule has 5 nitrogen and oxygen atoms in total. The van der Waals surface area contributed by atoms with Crippen molar-refractivity contribution in [1.29, 1.82) is 0 Å². The van der Waals surface area contributed by atoms with Crippen LogP contribution in [0.25, 0.3) is 0 Å². The van der Waals surface area contributed by atoms with E-state index in [1.807, 2.05) is 6.92 Å². The van der Waals surface area contributed by atoms with Crippen molar-refractivity contribution in [2.45, 2.75) is 96.7 Å². The van der Waals surface area contributed by atoms with Gasteiger partial charge in [-0.3, -0.25) is 9.59 Å². The highest BCUT2D eigenvalue weighted by Crippen LogP contribution is 2.13. The highest BCUT2D eigenvalue weighted by atomic mass is 16.5.